The second kappa shape index (κ2) is 15.6. The van der Waals surface area contributed by atoms with Gasteiger partial charge in [0.25, 0.3) is 0 Å². The Morgan fingerprint density at radius 2 is 1.40 bits per heavy atom. The number of nitrogens with zero attached hydrogens (tertiary/aromatic N) is 1. The van der Waals surface area contributed by atoms with Gasteiger partial charge in [0, 0.05) is 31.4 Å². The van der Waals surface area contributed by atoms with Crippen molar-refractivity contribution in [3.05, 3.63) is 150 Å². The average molecular weight is 661 g/mol. The van der Waals surface area contributed by atoms with Crippen LogP contribution < -0.4 is 19.5 Å². The summed E-state index contributed by atoms with van der Waals surface area (Å²) >= 11 is 1.81. The molecule has 7 rings (SSSR count). The van der Waals surface area contributed by atoms with E-state index in [0.717, 1.165) is 70.6 Å². The van der Waals surface area contributed by atoms with Crippen molar-refractivity contribution < 1.29 is 18.6 Å². The molecule has 5 aromatic rings. The van der Waals surface area contributed by atoms with Crippen LogP contribution >= 0.6 is 11.8 Å². The highest BCUT2D eigenvalue weighted by Crippen LogP contribution is 2.54. The summed E-state index contributed by atoms with van der Waals surface area (Å²) in [5, 5.41) is 3.70. The summed E-state index contributed by atoms with van der Waals surface area (Å²) in [5.74, 6) is 2.52. The number of likely N-dealkylation sites (tertiary alicyclic amines) is 1. The van der Waals surface area contributed by atoms with Gasteiger partial charge in [-0.15, -0.1) is 11.8 Å². The first kappa shape index (κ1) is 32.1. The van der Waals surface area contributed by atoms with Crippen LogP contribution in [0, 0.1) is 0 Å². The number of ether oxygens (including phenoxy) is 3. The molecule has 0 radical (unpaired) electrons. The topological polar surface area (TPSA) is 43.0 Å². The third-order valence-electron chi connectivity index (χ3n) is 8.89. The lowest BCUT2D eigenvalue weighted by Gasteiger charge is -2.34. The number of alkyl halides is 1. The van der Waals surface area contributed by atoms with Gasteiger partial charge in [-0.1, -0.05) is 84.9 Å². The predicted molar refractivity (Wildman–Crippen MR) is 192 cm³/mol. The van der Waals surface area contributed by atoms with Crippen LogP contribution in [-0.2, 0) is 13.2 Å². The molecule has 3 atom stereocenters. The number of rotatable bonds is 13. The van der Waals surface area contributed by atoms with E-state index in [-0.39, 0.29) is 18.0 Å². The highest BCUT2D eigenvalue weighted by Gasteiger charge is 2.34. The molecule has 7 heteroatoms. The number of nitrogens with one attached hydrogen (secondary N) is 1. The zero-order valence-corrected chi connectivity index (χ0v) is 27.8. The molecule has 0 aliphatic carbocycles. The Labute approximate surface area is 287 Å². The fourth-order valence-electron chi connectivity index (χ4n) is 6.33. The van der Waals surface area contributed by atoms with E-state index in [2.05, 4.69) is 89.1 Å². The number of halogens is 1. The molecule has 2 unspecified atom stereocenters. The van der Waals surface area contributed by atoms with Crippen molar-refractivity contribution in [3.63, 3.8) is 0 Å². The molecule has 2 aliphatic heterocycles. The maximum Gasteiger partial charge on any atom is 0.140 e. The Kier molecular flexibility index (Phi) is 10.5. The minimum absolute atomic E-state index is 0.0164. The van der Waals surface area contributed by atoms with Crippen molar-refractivity contribution in [3.8, 4) is 17.2 Å². The van der Waals surface area contributed by atoms with E-state index in [0.29, 0.717) is 25.7 Å². The summed E-state index contributed by atoms with van der Waals surface area (Å²) in [6.07, 6.45) is 1.49. The van der Waals surface area contributed by atoms with Gasteiger partial charge >= 0.3 is 0 Å². The smallest absolute Gasteiger partial charge is 0.140 e. The van der Waals surface area contributed by atoms with Crippen molar-refractivity contribution >= 4 is 17.4 Å². The second-order valence-electron chi connectivity index (χ2n) is 12.4. The van der Waals surface area contributed by atoms with Gasteiger partial charge in [-0.05, 0) is 77.6 Å². The lowest BCUT2D eigenvalue weighted by atomic mass is 9.99. The highest BCUT2D eigenvalue weighted by molar-refractivity contribution is 7.99. The number of thioether (sulfide) groups is 1. The van der Waals surface area contributed by atoms with E-state index in [1.54, 1.807) is 0 Å². The molecule has 246 valence electrons. The Morgan fingerprint density at radius 3 is 2.08 bits per heavy atom. The lowest BCUT2D eigenvalue weighted by molar-refractivity contribution is 0.190. The third kappa shape index (κ3) is 8.15. The summed E-state index contributed by atoms with van der Waals surface area (Å²) < 4.78 is 31.7. The zero-order valence-electron chi connectivity index (χ0n) is 27.0. The molecule has 0 amide bonds. The first-order chi connectivity index (χ1) is 23.7. The van der Waals surface area contributed by atoms with E-state index < -0.39 is 0 Å². The molecule has 0 saturated carbocycles. The van der Waals surface area contributed by atoms with Crippen LogP contribution in [-0.4, -0.2) is 37.3 Å². The predicted octanol–water partition coefficient (Wildman–Crippen LogP) is 9.66. The van der Waals surface area contributed by atoms with Gasteiger partial charge < -0.3 is 24.4 Å². The number of benzene rings is 5. The first-order valence-corrected chi connectivity index (χ1v) is 17.6. The molecular formula is C41H41FN2O3S. The van der Waals surface area contributed by atoms with Gasteiger partial charge in [-0.3, -0.25) is 4.39 Å². The quantitative estimate of drug-likeness (QED) is 0.136. The fraction of sp³-hybridized carbons (Fsp3) is 0.268. The molecule has 48 heavy (non-hydrogen) atoms. The van der Waals surface area contributed by atoms with Crippen LogP contribution in [0.25, 0.3) is 0 Å². The van der Waals surface area contributed by atoms with Crippen LogP contribution in [0.3, 0.4) is 0 Å². The van der Waals surface area contributed by atoms with E-state index in [1.807, 2.05) is 60.3 Å². The molecule has 0 spiro atoms. The Hall–Kier alpha value is -4.46. The molecule has 5 nitrogen and oxygen atoms in total. The Balaban J connectivity index is 1.09. The molecular weight excluding hydrogens is 620 g/mol. The number of hydrogen-bond acceptors (Lipinski definition) is 6. The monoisotopic (exact) mass is 660 g/mol. The molecule has 1 N–H and O–H groups in total. The van der Waals surface area contributed by atoms with Crippen LogP contribution in [0.4, 0.5) is 10.1 Å². The van der Waals surface area contributed by atoms with Crippen LogP contribution in [0.2, 0.25) is 0 Å². The Morgan fingerprint density at radius 1 is 0.750 bits per heavy atom. The minimum Gasteiger partial charge on any atom is -0.489 e. The van der Waals surface area contributed by atoms with Gasteiger partial charge in [0.2, 0.25) is 0 Å². The fourth-order valence-corrected chi connectivity index (χ4v) is 7.65. The highest BCUT2D eigenvalue weighted by atomic mass is 32.2. The molecule has 5 aromatic carbocycles. The SMILES string of the molecule is FCCCN1CC[C@H](Nc2ccc(C3Oc4ccc(OCc5ccccc5)cc4SC3c3ccc(OCc4ccccc4)cc3)cc2)C1. The van der Waals surface area contributed by atoms with Gasteiger partial charge in [-0.25, -0.2) is 0 Å². The van der Waals surface area contributed by atoms with Gasteiger partial charge in [0.1, 0.15) is 36.6 Å². The maximum atomic E-state index is 12.6. The summed E-state index contributed by atoms with van der Waals surface area (Å²) in [6.45, 7) is 3.58. The molecule has 1 saturated heterocycles. The largest absolute Gasteiger partial charge is 0.489 e. The zero-order chi connectivity index (χ0) is 32.5. The van der Waals surface area contributed by atoms with Gasteiger partial charge in [-0.2, -0.15) is 0 Å². The van der Waals surface area contributed by atoms with Gasteiger partial charge in [0.15, 0.2) is 0 Å². The van der Waals surface area contributed by atoms with E-state index in [1.165, 1.54) is 5.56 Å². The van der Waals surface area contributed by atoms with Crippen molar-refractivity contribution in [2.45, 2.75) is 48.3 Å². The molecule has 2 aliphatic rings. The van der Waals surface area contributed by atoms with Crippen molar-refractivity contribution in [2.24, 2.45) is 0 Å². The van der Waals surface area contributed by atoms with E-state index in [9.17, 15) is 4.39 Å². The first-order valence-electron chi connectivity index (χ1n) is 16.8. The van der Waals surface area contributed by atoms with Crippen molar-refractivity contribution in [1.29, 1.82) is 0 Å². The standard InChI is InChI=1S/C41H41FN2O3S/c42-23-7-24-44-25-22-35(27-44)43-34-16-12-32(13-17-34)40-41(33-14-18-36(19-15-33)45-28-30-8-3-1-4-9-30)48-39-26-37(20-21-38(39)47-40)46-29-31-10-5-2-6-11-31/h1-6,8-21,26,35,40-41,43H,7,22-25,27-29H2/t35-,40?,41?/m0/s1. The van der Waals surface area contributed by atoms with Crippen LogP contribution in [0.15, 0.2) is 132 Å². The lowest BCUT2D eigenvalue weighted by Crippen LogP contribution is -2.27. The third-order valence-corrected chi connectivity index (χ3v) is 10.2. The van der Waals surface area contributed by atoms with Crippen molar-refractivity contribution in [2.75, 3.05) is 31.6 Å². The summed E-state index contributed by atoms with van der Waals surface area (Å²) in [6, 6.07) is 44.0. The molecule has 0 aromatic heterocycles. The number of hydrogen-bond donors (Lipinski definition) is 1. The summed E-state index contributed by atoms with van der Waals surface area (Å²) in [7, 11) is 0. The van der Waals surface area contributed by atoms with E-state index in [4.69, 9.17) is 14.2 Å². The molecule has 1 fully saturated rings. The summed E-state index contributed by atoms with van der Waals surface area (Å²) in [4.78, 5) is 3.40. The number of anilines is 1. The molecule has 2 heterocycles. The second-order valence-corrected chi connectivity index (χ2v) is 13.6. The van der Waals surface area contributed by atoms with E-state index >= 15 is 0 Å². The average Bonchev–Trinajstić information content (AvgIpc) is 3.60. The van der Waals surface area contributed by atoms with Crippen LogP contribution in [0.1, 0.15) is 46.4 Å². The van der Waals surface area contributed by atoms with Gasteiger partial charge in [0.05, 0.1) is 16.8 Å². The normalized spacial score (nSPS) is 18.9. The number of fused-ring (bicyclic) bond motifs is 1. The van der Waals surface area contributed by atoms with Crippen molar-refractivity contribution in [1.82, 2.24) is 4.90 Å². The maximum absolute atomic E-state index is 12.6. The molecule has 0 bridgehead atoms. The summed E-state index contributed by atoms with van der Waals surface area (Å²) in [5.41, 5.74) is 5.65. The van der Waals surface area contributed by atoms with Crippen LogP contribution in [0.5, 0.6) is 17.2 Å². The minimum atomic E-state index is -0.252. The Bertz CT molecular complexity index is 1740.